The molecular weight excluding hydrogens is 331 g/mol. The van der Waals surface area contributed by atoms with Crippen LogP contribution < -0.4 is 0 Å². The van der Waals surface area contributed by atoms with Gasteiger partial charge in [0.2, 0.25) is 0 Å². The van der Waals surface area contributed by atoms with Crippen molar-refractivity contribution in [3.63, 3.8) is 0 Å². The first-order valence-electron chi connectivity index (χ1n) is 9.98. The van der Waals surface area contributed by atoms with Crippen LogP contribution in [0.1, 0.15) is 43.0 Å². The monoisotopic (exact) mass is 360 g/mol. The van der Waals surface area contributed by atoms with Crippen LogP contribution in [-0.4, -0.2) is 60.6 Å². The molecule has 5 heteroatoms. The van der Waals surface area contributed by atoms with Gasteiger partial charge in [0.25, 0.3) is 5.91 Å². The minimum absolute atomic E-state index is 0.0729. The fourth-order valence-electron chi connectivity index (χ4n) is 4.61. The summed E-state index contributed by atoms with van der Waals surface area (Å²) in [6, 6.07) is 6.30. The summed E-state index contributed by atoms with van der Waals surface area (Å²) in [5.74, 6) is 0.806. The van der Waals surface area contributed by atoms with Crippen molar-refractivity contribution in [1.82, 2.24) is 9.80 Å². The zero-order valence-corrected chi connectivity index (χ0v) is 15.6. The third kappa shape index (κ3) is 3.52. The molecule has 1 aromatic carbocycles. The Kier molecular flexibility index (Phi) is 5.02. The standard InChI is InChI=1S/C21H29FN2O2/c1-2-26-13-17-9-10-24(12-16-7-8-16)21(11-17)14-23(15-21)20(25)18-5-3-4-6-19(18)22/h3-6,16-17H,2,7-15H2,1H3. The second kappa shape index (κ2) is 7.28. The number of hydrogen-bond acceptors (Lipinski definition) is 3. The van der Waals surface area contributed by atoms with Crippen LogP contribution in [0.5, 0.6) is 0 Å². The molecule has 26 heavy (non-hydrogen) atoms. The maximum atomic E-state index is 14.0. The lowest BCUT2D eigenvalue weighted by Gasteiger charge is -2.59. The van der Waals surface area contributed by atoms with E-state index >= 15 is 0 Å². The van der Waals surface area contributed by atoms with Crippen LogP contribution in [0.4, 0.5) is 4.39 Å². The van der Waals surface area contributed by atoms with Gasteiger partial charge in [0.1, 0.15) is 5.82 Å². The highest BCUT2D eigenvalue weighted by Crippen LogP contribution is 2.42. The fraction of sp³-hybridized carbons (Fsp3) is 0.667. The van der Waals surface area contributed by atoms with E-state index in [1.807, 2.05) is 11.8 Å². The number of carbonyl (C=O) groups excluding carboxylic acids is 1. The molecule has 0 bridgehead atoms. The highest BCUT2D eigenvalue weighted by atomic mass is 19.1. The molecule has 142 valence electrons. The van der Waals surface area contributed by atoms with Crippen molar-refractivity contribution in [3.8, 4) is 0 Å². The van der Waals surface area contributed by atoms with E-state index in [9.17, 15) is 9.18 Å². The number of likely N-dealkylation sites (tertiary alicyclic amines) is 2. The second-order valence-corrected chi connectivity index (χ2v) is 8.27. The lowest BCUT2D eigenvalue weighted by atomic mass is 9.74. The van der Waals surface area contributed by atoms with Gasteiger partial charge in [0, 0.05) is 32.8 Å². The quantitative estimate of drug-likeness (QED) is 0.781. The van der Waals surface area contributed by atoms with Crippen molar-refractivity contribution in [1.29, 1.82) is 0 Å². The van der Waals surface area contributed by atoms with Crippen molar-refractivity contribution in [2.24, 2.45) is 11.8 Å². The Morgan fingerprint density at radius 1 is 1.23 bits per heavy atom. The number of nitrogens with zero attached hydrogens (tertiary/aromatic N) is 2. The molecule has 2 aliphatic heterocycles. The van der Waals surface area contributed by atoms with Gasteiger partial charge in [-0.3, -0.25) is 9.69 Å². The summed E-state index contributed by atoms with van der Waals surface area (Å²) < 4.78 is 19.7. The first kappa shape index (κ1) is 17.9. The average molecular weight is 360 g/mol. The lowest BCUT2D eigenvalue weighted by Crippen LogP contribution is -2.73. The summed E-state index contributed by atoms with van der Waals surface area (Å²) >= 11 is 0. The van der Waals surface area contributed by atoms with Crippen LogP contribution >= 0.6 is 0 Å². The number of carbonyl (C=O) groups is 1. The van der Waals surface area contributed by atoms with Crippen LogP contribution in [0, 0.1) is 17.7 Å². The molecule has 2 saturated heterocycles. The molecule has 3 fully saturated rings. The normalized spacial score (nSPS) is 25.3. The van der Waals surface area contributed by atoms with Crippen LogP contribution in [0.2, 0.25) is 0 Å². The first-order chi connectivity index (χ1) is 12.6. The van der Waals surface area contributed by atoms with Crippen molar-refractivity contribution in [2.75, 3.05) is 39.4 Å². The Hall–Kier alpha value is -1.46. The van der Waals surface area contributed by atoms with Crippen LogP contribution in [0.25, 0.3) is 0 Å². The predicted molar refractivity (Wildman–Crippen MR) is 98.5 cm³/mol. The minimum Gasteiger partial charge on any atom is -0.381 e. The summed E-state index contributed by atoms with van der Waals surface area (Å²) in [4.78, 5) is 17.2. The maximum absolute atomic E-state index is 14.0. The predicted octanol–water partition coefficient (Wildman–Crippen LogP) is 3.18. The molecule has 0 radical (unpaired) electrons. The Bertz CT molecular complexity index is 655. The molecule has 0 aromatic heterocycles. The van der Waals surface area contributed by atoms with Crippen LogP contribution in [0.3, 0.4) is 0 Å². The Morgan fingerprint density at radius 2 is 2.00 bits per heavy atom. The highest BCUT2D eigenvalue weighted by molar-refractivity contribution is 5.95. The Morgan fingerprint density at radius 3 is 2.69 bits per heavy atom. The molecule has 1 spiro atoms. The number of halogens is 1. The molecule has 4 nitrogen and oxygen atoms in total. The molecule has 4 rings (SSSR count). The number of hydrogen-bond donors (Lipinski definition) is 0. The van der Waals surface area contributed by atoms with Gasteiger partial charge < -0.3 is 9.64 Å². The minimum atomic E-state index is -0.425. The third-order valence-electron chi connectivity index (χ3n) is 6.24. The fourth-order valence-corrected chi connectivity index (χ4v) is 4.61. The van der Waals surface area contributed by atoms with Gasteiger partial charge in [-0.15, -0.1) is 0 Å². The van der Waals surface area contributed by atoms with E-state index in [1.165, 1.54) is 25.3 Å². The van der Waals surface area contributed by atoms with Gasteiger partial charge >= 0.3 is 0 Å². The highest BCUT2D eigenvalue weighted by Gasteiger charge is 2.53. The van der Waals surface area contributed by atoms with E-state index in [0.717, 1.165) is 51.7 Å². The molecule has 1 atom stereocenters. The topological polar surface area (TPSA) is 32.8 Å². The molecule has 1 unspecified atom stereocenters. The zero-order valence-electron chi connectivity index (χ0n) is 15.6. The molecule has 0 N–H and O–H groups in total. The largest absolute Gasteiger partial charge is 0.381 e. The van der Waals surface area contributed by atoms with Gasteiger partial charge in [-0.1, -0.05) is 12.1 Å². The second-order valence-electron chi connectivity index (χ2n) is 8.27. The molecule has 1 aliphatic carbocycles. The summed E-state index contributed by atoms with van der Waals surface area (Å²) in [6.45, 7) is 7.30. The Balaban J connectivity index is 1.44. The summed E-state index contributed by atoms with van der Waals surface area (Å²) in [5, 5.41) is 0. The SMILES string of the molecule is CCOCC1CCN(CC2CC2)C2(C1)CN(C(=O)c1ccccc1F)C2. The number of amides is 1. The van der Waals surface area contributed by atoms with Gasteiger partial charge in [-0.05, 0) is 63.1 Å². The van der Waals surface area contributed by atoms with Crippen molar-refractivity contribution < 1.29 is 13.9 Å². The maximum Gasteiger partial charge on any atom is 0.256 e. The van der Waals surface area contributed by atoms with E-state index in [0.29, 0.717) is 5.92 Å². The van der Waals surface area contributed by atoms with Crippen molar-refractivity contribution >= 4 is 5.91 Å². The van der Waals surface area contributed by atoms with E-state index in [4.69, 9.17) is 4.74 Å². The summed E-state index contributed by atoms with van der Waals surface area (Å²) in [5.41, 5.74) is 0.265. The van der Waals surface area contributed by atoms with Gasteiger partial charge in [0.05, 0.1) is 11.1 Å². The van der Waals surface area contributed by atoms with Crippen LogP contribution in [0.15, 0.2) is 24.3 Å². The van der Waals surface area contributed by atoms with E-state index in [-0.39, 0.29) is 17.0 Å². The Labute approximate surface area is 155 Å². The third-order valence-corrected chi connectivity index (χ3v) is 6.24. The molecular formula is C21H29FN2O2. The number of benzene rings is 1. The number of piperidine rings is 1. The lowest BCUT2D eigenvalue weighted by molar-refractivity contribution is -0.0888. The van der Waals surface area contributed by atoms with E-state index in [1.54, 1.807) is 18.2 Å². The van der Waals surface area contributed by atoms with E-state index < -0.39 is 5.82 Å². The number of ether oxygens (including phenoxy) is 1. The van der Waals surface area contributed by atoms with Gasteiger partial charge in [0.15, 0.2) is 0 Å². The number of rotatable bonds is 6. The van der Waals surface area contributed by atoms with E-state index in [2.05, 4.69) is 4.90 Å². The molecule has 3 aliphatic rings. The van der Waals surface area contributed by atoms with Crippen molar-refractivity contribution in [3.05, 3.63) is 35.6 Å². The molecule has 1 aromatic rings. The summed E-state index contributed by atoms with van der Waals surface area (Å²) in [6.07, 6.45) is 4.94. The molecule has 1 saturated carbocycles. The molecule has 1 amide bonds. The smallest absolute Gasteiger partial charge is 0.256 e. The molecule has 2 heterocycles. The van der Waals surface area contributed by atoms with Crippen LogP contribution in [-0.2, 0) is 4.74 Å². The first-order valence-corrected chi connectivity index (χ1v) is 9.98. The average Bonchev–Trinajstić information content (AvgIpc) is 3.43. The summed E-state index contributed by atoms with van der Waals surface area (Å²) in [7, 11) is 0. The zero-order chi connectivity index (χ0) is 18.1. The van der Waals surface area contributed by atoms with Gasteiger partial charge in [-0.25, -0.2) is 4.39 Å². The van der Waals surface area contributed by atoms with Crippen molar-refractivity contribution in [2.45, 2.75) is 38.1 Å². The van der Waals surface area contributed by atoms with Gasteiger partial charge in [-0.2, -0.15) is 0 Å².